The highest BCUT2D eigenvalue weighted by Crippen LogP contribution is 2.21. The summed E-state index contributed by atoms with van der Waals surface area (Å²) in [5.74, 6) is -1.07. The van der Waals surface area contributed by atoms with Gasteiger partial charge in [-0.2, -0.15) is 4.31 Å². The van der Waals surface area contributed by atoms with Crippen LogP contribution in [0.3, 0.4) is 0 Å². The molecule has 0 atom stereocenters. The van der Waals surface area contributed by atoms with E-state index in [1.807, 2.05) is 0 Å². The Hall–Kier alpha value is -2.22. The van der Waals surface area contributed by atoms with E-state index in [4.69, 9.17) is 16.3 Å². The van der Waals surface area contributed by atoms with Crippen LogP contribution in [0.25, 0.3) is 0 Å². The molecule has 0 aliphatic carbocycles. The van der Waals surface area contributed by atoms with E-state index in [1.54, 1.807) is 18.2 Å². The molecule has 0 amide bonds. The fourth-order valence-electron chi connectivity index (χ4n) is 2.80. The van der Waals surface area contributed by atoms with Crippen molar-refractivity contribution in [2.75, 3.05) is 19.7 Å². The summed E-state index contributed by atoms with van der Waals surface area (Å²) in [4.78, 5) is 24.3. The molecule has 1 aliphatic heterocycles. The molecule has 1 aliphatic rings. The highest BCUT2D eigenvalue weighted by Gasteiger charge is 2.27. The quantitative estimate of drug-likeness (QED) is 0.542. The monoisotopic (exact) mass is 407 g/mol. The maximum absolute atomic E-state index is 12.5. The van der Waals surface area contributed by atoms with Gasteiger partial charge in [0.2, 0.25) is 10.0 Å². The van der Waals surface area contributed by atoms with Crippen molar-refractivity contribution >= 4 is 33.4 Å². The lowest BCUT2D eigenvalue weighted by molar-refractivity contribution is 0.0474. The number of hydrogen-bond acceptors (Lipinski definition) is 5. The molecular formula is C19H18ClNO5S. The largest absolute Gasteiger partial charge is 0.454 e. The van der Waals surface area contributed by atoms with E-state index in [0.717, 1.165) is 12.8 Å². The van der Waals surface area contributed by atoms with E-state index in [0.29, 0.717) is 23.7 Å². The van der Waals surface area contributed by atoms with Crippen LogP contribution in [-0.2, 0) is 14.8 Å². The van der Waals surface area contributed by atoms with Crippen LogP contribution in [0.1, 0.15) is 33.6 Å². The third kappa shape index (κ3) is 4.55. The number of sulfonamides is 1. The summed E-state index contributed by atoms with van der Waals surface area (Å²) >= 11 is 5.83. The molecule has 0 saturated carbocycles. The number of hydrogen-bond donors (Lipinski definition) is 0. The zero-order valence-electron chi connectivity index (χ0n) is 14.4. The van der Waals surface area contributed by atoms with E-state index < -0.39 is 22.6 Å². The molecule has 142 valence electrons. The molecule has 0 aromatic heterocycles. The van der Waals surface area contributed by atoms with Crippen molar-refractivity contribution in [2.24, 2.45) is 0 Å². The molecule has 8 heteroatoms. The number of carbonyl (C=O) groups excluding carboxylic acids is 2. The normalized spacial score (nSPS) is 14.9. The first-order chi connectivity index (χ1) is 12.9. The van der Waals surface area contributed by atoms with Crippen molar-refractivity contribution in [1.29, 1.82) is 0 Å². The van der Waals surface area contributed by atoms with Gasteiger partial charge in [-0.25, -0.2) is 13.2 Å². The van der Waals surface area contributed by atoms with Crippen LogP contribution in [0.2, 0.25) is 5.02 Å². The number of benzene rings is 2. The van der Waals surface area contributed by atoms with Gasteiger partial charge in [-0.15, -0.1) is 0 Å². The molecule has 0 N–H and O–H groups in total. The van der Waals surface area contributed by atoms with Crippen LogP contribution in [-0.4, -0.2) is 44.2 Å². The number of carbonyl (C=O) groups is 2. The molecule has 1 heterocycles. The van der Waals surface area contributed by atoms with Crippen LogP contribution < -0.4 is 0 Å². The van der Waals surface area contributed by atoms with Gasteiger partial charge in [0.25, 0.3) is 0 Å². The minimum absolute atomic E-state index is 0.135. The SMILES string of the molecule is O=C(COC(=O)c1ccc(S(=O)(=O)N2CCCC2)cc1)c1cccc(Cl)c1. The van der Waals surface area contributed by atoms with Crippen molar-refractivity contribution in [2.45, 2.75) is 17.7 Å². The maximum Gasteiger partial charge on any atom is 0.338 e. The van der Waals surface area contributed by atoms with E-state index in [9.17, 15) is 18.0 Å². The molecule has 0 unspecified atom stereocenters. The number of Topliss-reactive ketones (excluding diaryl/α,β-unsaturated/α-hetero) is 1. The Balaban J connectivity index is 1.63. The lowest BCUT2D eigenvalue weighted by Gasteiger charge is -2.15. The molecule has 3 rings (SSSR count). The second kappa shape index (κ2) is 8.21. The molecule has 0 radical (unpaired) electrons. The third-order valence-electron chi connectivity index (χ3n) is 4.27. The van der Waals surface area contributed by atoms with Crippen LogP contribution in [0.4, 0.5) is 0 Å². The van der Waals surface area contributed by atoms with E-state index >= 15 is 0 Å². The molecule has 1 saturated heterocycles. The van der Waals surface area contributed by atoms with Crippen LogP contribution >= 0.6 is 11.6 Å². The first kappa shape index (κ1) is 19.5. The molecule has 6 nitrogen and oxygen atoms in total. The van der Waals surface area contributed by atoms with Crippen molar-refractivity contribution < 1.29 is 22.7 Å². The fourth-order valence-corrected chi connectivity index (χ4v) is 4.51. The third-order valence-corrected chi connectivity index (χ3v) is 6.42. The lowest BCUT2D eigenvalue weighted by atomic mass is 10.1. The number of halogens is 1. The zero-order chi connectivity index (χ0) is 19.4. The Morgan fingerprint density at radius 2 is 1.67 bits per heavy atom. The first-order valence-electron chi connectivity index (χ1n) is 8.44. The average molecular weight is 408 g/mol. The summed E-state index contributed by atoms with van der Waals surface area (Å²) in [6.45, 7) is 0.600. The van der Waals surface area contributed by atoms with Gasteiger partial charge in [0.1, 0.15) is 0 Å². The van der Waals surface area contributed by atoms with Gasteiger partial charge in [-0.05, 0) is 49.2 Å². The zero-order valence-corrected chi connectivity index (χ0v) is 16.0. The Bertz CT molecular complexity index is 950. The van der Waals surface area contributed by atoms with Gasteiger partial charge < -0.3 is 4.74 Å². The molecule has 0 spiro atoms. The number of esters is 1. The molecule has 1 fully saturated rings. The summed E-state index contributed by atoms with van der Waals surface area (Å²) in [5, 5.41) is 0.418. The van der Waals surface area contributed by atoms with Crippen LogP contribution in [0, 0.1) is 0 Å². The van der Waals surface area contributed by atoms with Gasteiger partial charge in [-0.3, -0.25) is 4.79 Å². The number of rotatable bonds is 6. The molecular weight excluding hydrogens is 390 g/mol. The molecule has 2 aromatic carbocycles. The highest BCUT2D eigenvalue weighted by molar-refractivity contribution is 7.89. The second-order valence-corrected chi connectivity index (χ2v) is 8.52. The van der Waals surface area contributed by atoms with Crippen LogP contribution in [0.15, 0.2) is 53.4 Å². The number of ether oxygens (including phenoxy) is 1. The van der Waals surface area contributed by atoms with E-state index in [1.165, 1.54) is 34.6 Å². The average Bonchev–Trinajstić information content (AvgIpc) is 3.21. The molecule has 27 heavy (non-hydrogen) atoms. The number of nitrogens with zero attached hydrogens (tertiary/aromatic N) is 1. The summed E-state index contributed by atoms with van der Waals surface area (Å²) in [6, 6.07) is 11.9. The predicted molar refractivity (Wildman–Crippen MR) is 100 cm³/mol. The lowest BCUT2D eigenvalue weighted by Crippen LogP contribution is -2.27. The summed E-state index contributed by atoms with van der Waals surface area (Å²) < 4.78 is 31.4. The van der Waals surface area contributed by atoms with E-state index in [2.05, 4.69) is 0 Å². The Kier molecular flexibility index (Phi) is 5.94. The Morgan fingerprint density at radius 3 is 2.30 bits per heavy atom. The topological polar surface area (TPSA) is 80.8 Å². The van der Waals surface area contributed by atoms with Crippen molar-refractivity contribution in [3.63, 3.8) is 0 Å². The minimum atomic E-state index is -3.53. The van der Waals surface area contributed by atoms with Gasteiger partial charge in [0.15, 0.2) is 12.4 Å². The van der Waals surface area contributed by atoms with Crippen molar-refractivity contribution in [1.82, 2.24) is 4.31 Å². The Labute approximate surface area is 162 Å². The van der Waals surface area contributed by atoms with Gasteiger partial charge in [0, 0.05) is 23.7 Å². The van der Waals surface area contributed by atoms with Crippen molar-refractivity contribution in [3.8, 4) is 0 Å². The first-order valence-corrected chi connectivity index (χ1v) is 10.3. The minimum Gasteiger partial charge on any atom is -0.454 e. The molecule has 2 aromatic rings. The van der Waals surface area contributed by atoms with Gasteiger partial charge in [-0.1, -0.05) is 23.7 Å². The van der Waals surface area contributed by atoms with Gasteiger partial charge >= 0.3 is 5.97 Å². The smallest absolute Gasteiger partial charge is 0.338 e. The highest BCUT2D eigenvalue weighted by atomic mass is 35.5. The van der Waals surface area contributed by atoms with Crippen LogP contribution in [0.5, 0.6) is 0 Å². The number of ketones is 1. The maximum atomic E-state index is 12.5. The summed E-state index contributed by atoms with van der Waals surface area (Å²) in [5.41, 5.74) is 0.525. The predicted octanol–water partition coefficient (Wildman–Crippen LogP) is 3.16. The fraction of sp³-hybridized carbons (Fsp3) is 0.263. The second-order valence-electron chi connectivity index (χ2n) is 6.15. The Morgan fingerprint density at radius 1 is 1.00 bits per heavy atom. The van der Waals surface area contributed by atoms with Crippen molar-refractivity contribution in [3.05, 3.63) is 64.7 Å². The summed E-state index contributed by atoms with van der Waals surface area (Å²) in [6.07, 6.45) is 1.70. The van der Waals surface area contributed by atoms with Gasteiger partial charge in [0.05, 0.1) is 10.5 Å². The summed E-state index contributed by atoms with van der Waals surface area (Å²) in [7, 11) is -3.53. The van der Waals surface area contributed by atoms with E-state index in [-0.39, 0.29) is 16.2 Å². The standard InChI is InChI=1S/C19H18ClNO5S/c20-16-5-3-4-15(12-16)18(22)13-26-19(23)14-6-8-17(9-7-14)27(24,25)21-10-1-2-11-21/h3-9,12H,1-2,10-11,13H2. The molecule has 0 bridgehead atoms.